The molecule has 1 atom stereocenters. The van der Waals surface area contributed by atoms with Crippen molar-refractivity contribution < 1.29 is 33.1 Å². The molecule has 1 fully saturated rings. The molecule has 0 aliphatic carbocycles. The number of benzene rings is 2. The van der Waals surface area contributed by atoms with Gasteiger partial charge in [-0.25, -0.2) is 9.18 Å². The summed E-state index contributed by atoms with van der Waals surface area (Å²) >= 11 is 0. The number of hydrogen-bond acceptors (Lipinski definition) is 7. The average molecular weight is 441 g/mol. The molecule has 2 aromatic carbocycles. The Hall–Kier alpha value is -4.08. The molecule has 2 heterocycles. The molecule has 3 aromatic rings. The fourth-order valence-electron chi connectivity index (χ4n) is 3.61. The standard InChI is InChI=1S/C22H20FN3O6/c1-30-15-5-3-4-14(10-15)26-11-13(9-18(26)27)24-21-19(22(28)29)20(32-25-21)12-6-7-16(23)17(8-12)31-2/h3-8,10,13H,9,11H2,1-2H3,(H,24,25)(H,28,29). The molecule has 32 heavy (non-hydrogen) atoms. The van der Waals surface area contributed by atoms with E-state index in [2.05, 4.69) is 10.5 Å². The van der Waals surface area contributed by atoms with Gasteiger partial charge in [0.05, 0.1) is 20.3 Å². The number of carbonyl (C=O) groups is 2. The van der Waals surface area contributed by atoms with Crippen LogP contribution in [0.1, 0.15) is 16.8 Å². The molecule has 1 aliphatic rings. The van der Waals surface area contributed by atoms with E-state index in [1.807, 2.05) is 0 Å². The van der Waals surface area contributed by atoms with E-state index in [1.54, 1.807) is 36.3 Å². The van der Waals surface area contributed by atoms with Crippen LogP contribution in [0, 0.1) is 5.82 Å². The zero-order valence-corrected chi connectivity index (χ0v) is 17.3. The largest absolute Gasteiger partial charge is 0.497 e. The predicted molar refractivity (Wildman–Crippen MR) is 113 cm³/mol. The Bertz CT molecular complexity index is 1180. The number of amides is 1. The minimum absolute atomic E-state index is 0.0129. The van der Waals surface area contributed by atoms with Crippen molar-refractivity contribution in [2.24, 2.45) is 0 Å². The lowest BCUT2D eigenvalue weighted by Gasteiger charge is -2.18. The average Bonchev–Trinajstić information content (AvgIpc) is 3.37. The summed E-state index contributed by atoms with van der Waals surface area (Å²) < 4.78 is 29.2. The number of carboxylic acid groups (broad SMARTS) is 1. The van der Waals surface area contributed by atoms with Crippen molar-refractivity contribution >= 4 is 23.4 Å². The van der Waals surface area contributed by atoms with Gasteiger partial charge in [0.1, 0.15) is 5.75 Å². The van der Waals surface area contributed by atoms with Gasteiger partial charge in [0, 0.05) is 30.3 Å². The highest BCUT2D eigenvalue weighted by Gasteiger charge is 2.33. The van der Waals surface area contributed by atoms with Crippen LogP contribution >= 0.6 is 0 Å². The number of hydrogen-bond donors (Lipinski definition) is 2. The maximum absolute atomic E-state index is 13.7. The van der Waals surface area contributed by atoms with Gasteiger partial charge in [-0.3, -0.25) is 4.79 Å². The Morgan fingerprint density at radius 1 is 1.25 bits per heavy atom. The van der Waals surface area contributed by atoms with Crippen LogP contribution in [-0.2, 0) is 4.79 Å². The first-order chi connectivity index (χ1) is 15.4. The zero-order valence-electron chi connectivity index (χ0n) is 17.3. The Morgan fingerprint density at radius 2 is 2.06 bits per heavy atom. The second-order valence-electron chi connectivity index (χ2n) is 7.14. The van der Waals surface area contributed by atoms with E-state index in [0.717, 1.165) is 6.07 Å². The van der Waals surface area contributed by atoms with E-state index >= 15 is 0 Å². The molecule has 1 saturated heterocycles. The molecule has 1 unspecified atom stereocenters. The summed E-state index contributed by atoms with van der Waals surface area (Å²) in [6.45, 7) is 0.303. The number of anilines is 2. The molecule has 9 nitrogen and oxygen atoms in total. The first kappa shape index (κ1) is 21.2. The number of aromatic nitrogens is 1. The lowest BCUT2D eigenvalue weighted by atomic mass is 10.1. The van der Waals surface area contributed by atoms with Crippen LogP contribution in [0.15, 0.2) is 47.0 Å². The lowest BCUT2D eigenvalue weighted by molar-refractivity contribution is -0.117. The van der Waals surface area contributed by atoms with Crippen molar-refractivity contribution in [2.45, 2.75) is 12.5 Å². The van der Waals surface area contributed by atoms with Gasteiger partial charge >= 0.3 is 5.97 Å². The number of carbonyl (C=O) groups excluding carboxylic acids is 1. The second kappa shape index (κ2) is 8.58. The SMILES string of the molecule is COc1cccc(N2CC(Nc3noc(-c4ccc(F)c(OC)c4)c3C(=O)O)CC2=O)c1. The molecular formula is C22H20FN3O6. The molecule has 1 amide bonds. The summed E-state index contributed by atoms with van der Waals surface area (Å²) in [4.78, 5) is 26.1. The van der Waals surface area contributed by atoms with Crippen LogP contribution in [0.3, 0.4) is 0 Å². The molecule has 166 valence electrons. The normalized spacial score (nSPS) is 15.7. The number of ether oxygens (including phenoxy) is 2. The second-order valence-corrected chi connectivity index (χ2v) is 7.14. The molecule has 2 N–H and O–H groups in total. The molecule has 0 saturated carbocycles. The maximum atomic E-state index is 13.7. The van der Waals surface area contributed by atoms with Gasteiger partial charge in [0.2, 0.25) is 5.91 Å². The molecule has 1 aromatic heterocycles. The Kier molecular flexibility index (Phi) is 5.67. The van der Waals surface area contributed by atoms with Crippen molar-refractivity contribution in [3.63, 3.8) is 0 Å². The minimum Gasteiger partial charge on any atom is -0.497 e. The number of carboxylic acids is 1. The van der Waals surface area contributed by atoms with Crippen molar-refractivity contribution in [1.29, 1.82) is 0 Å². The van der Waals surface area contributed by atoms with Gasteiger partial charge in [0.25, 0.3) is 0 Å². The van der Waals surface area contributed by atoms with Gasteiger partial charge < -0.3 is 29.3 Å². The van der Waals surface area contributed by atoms with Crippen LogP contribution in [0.4, 0.5) is 15.9 Å². The summed E-state index contributed by atoms with van der Waals surface area (Å²) in [5, 5.41) is 16.6. The van der Waals surface area contributed by atoms with Crippen molar-refractivity contribution in [3.05, 3.63) is 53.8 Å². The smallest absolute Gasteiger partial charge is 0.343 e. The number of rotatable bonds is 7. The molecular weight excluding hydrogens is 421 g/mol. The first-order valence-electron chi connectivity index (χ1n) is 9.69. The maximum Gasteiger partial charge on any atom is 0.343 e. The number of halogens is 1. The van der Waals surface area contributed by atoms with Gasteiger partial charge in [-0.1, -0.05) is 11.2 Å². The zero-order chi connectivity index (χ0) is 22.8. The summed E-state index contributed by atoms with van der Waals surface area (Å²) in [7, 11) is 2.85. The van der Waals surface area contributed by atoms with Crippen LogP contribution < -0.4 is 19.7 Å². The fourth-order valence-corrected chi connectivity index (χ4v) is 3.61. The third kappa shape index (κ3) is 3.94. The number of aromatic carboxylic acids is 1. The Balaban J connectivity index is 1.59. The molecule has 0 bridgehead atoms. The predicted octanol–water partition coefficient (Wildman–Crippen LogP) is 3.41. The van der Waals surface area contributed by atoms with Gasteiger partial charge in [-0.2, -0.15) is 0 Å². The highest BCUT2D eigenvalue weighted by Crippen LogP contribution is 2.34. The summed E-state index contributed by atoms with van der Waals surface area (Å²) in [5.74, 6) is -1.49. The van der Waals surface area contributed by atoms with E-state index in [-0.39, 0.29) is 35.2 Å². The highest BCUT2D eigenvalue weighted by molar-refractivity contribution is 6.00. The molecule has 10 heteroatoms. The third-order valence-electron chi connectivity index (χ3n) is 5.15. The van der Waals surface area contributed by atoms with E-state index < -0.39 is 17.8 Å². The van der Waals surface area contributed by atoms with E-state index in [0.29, 0.717) is 23.5 Å². The molecule has 1 aliphatic heterocycles. The summed E-state index contributed by atoms with van der Waals surface area (Å²) in [6, 6.07) is 10.6. The van der Waals surface area contributed by atoms with Crippen LogP contribution in [0.2, 0.25) is 0 Å². The molecule has 0 spiro atoms. The van der Waals surface area contributed by atoms with Gasteiger partial charge in [-0.05, 0) is 30.3 Å². The Morgan fingerprint density at radius 3 is 2.78 bits per heavy atom. The quantitative estimate of drug-likeness (QED) is 0.573. The van der Waals surface area contributed by atoms with Crippen LogP contribution in [-0.4, -0.2) is 48.9 Å². The summed E-state index contributed by atoms with van der Waals surface area (Å²) in [5.41, 5.74) is 0.754. The van der Waals surface area contributed by atoms with E-state index in [1.165, 1.54) is 19.2 Å². The minimum atomic E-state index is -1.28. The van der Waals surface area contributed by atoms with Gasteiger partial charge in [0.15, 0.2) is 28.7 Å². The van der Waals surface area contributed by atoms with Crippen molar-refractivity contribution in [2.75, 3.05) is 31.0 Å². The number of nitrogens with one attached hydrogen (secondary N) is 1. The Labute approximate surface area is 182 Å². The molecule has 4 rings (SSSR count). The topological polar surface area (TPSA) is 114 Å². The van der Waals surface area contributed by atoms with Crippen LogP contribution in [0.5, 0.6) is 11.5 Å². The third-order valence-corrected chi connectivity index (χ3v) is 5.15. The van der Waals surface area contributed by atoms with Crippen molar-refractivity contribution in [3.8, 4) is 22.8 Å². The fraction of sp³-hybridized carbons (Fsp3) is 0.227. The van der Waals surface area contributed by atoms with E-state index in [4.69, 9.17) is 14.0 Å². The lowest BCUT2D eigenvalue weighted by Crippen LogP contribution is -2.28. The van der Waals surface area contributed by atoms with Crippen LogP contribution in [0.25, 0.3) is 11.3 Å². The van der Waals surface area contributed by atoms with Gasteiger partial charge in [-0.15, -0.1) is 0 Å². The molecule has 0 radical (unpaired) electrons. The number of methoxy groups -OCH3 is 2. The van der Waals surface area contributed by atoms with E-state index in [9.17, 15) is 19.1 Å². The monoisotopic (exact) mass is 441 g/mol. The summed E-state index contributed by atoms with van der Waals surface area (Å²) in [6.07, 6.45) is 0.142. The highest BCUT2D eigenvalue weighted by atomic mass is 19.1. The van der Waals surface area contributed by atoms with Crippen molar-refractivity contribution in [1.82, 2.24) is 5.16 Å². The first-order valence-corrected chi connectivity index (χ1v) is 9.69. The number of nitrogens with zero attached hydrogens (tertiary/aromatic N) is 2.